The molecule has 0 aromatic heterocycles. The van der Waals surface area contributed by atoms with E-state index in [1.165, 1.54) is 12.1 Å². The lowest BCUT2D eigenvalue weighted by Gasteiger charge is -2.35. The normalized spacial score (nSPS) is 23.4. The third-order valence-electron chi connectivity index (χ3n) is 3.76. The van der Waals surface area contributed by atoms with Gasteiger partial charge in [-0.3, -0.25) is 0 Å². The van der Waals surface area contributed by atoms with Crippen LogP contribution in [0, 0.1) is 0 Å². The van der Waals surface area contributed by atoms with Gasteiger partial charge in [0, 0.05) is 13.1 Å². The van der Waals surface area contributed by atoms with Crippen LogP contribution in [0.5, 0.6) is 0 Å². The van der Waals surface area contributed by atoms with Gasteiger partial charge in [0.25, 0.3) is 0 Å². The van der Waals surface area contributed by atoms with E-state index < -0.39 is 10.0 Å². The van der Waals surface area contributed by atoms with Crippen LogP contribution in [-0.4, -0.2) is 44.6 Å². The number of sulfonamides is 1. The van der Waals surface area contributed by atoms with Crippen LogP contribution in [-0.2, 0) is 14.8 Å². The largest absolute Gasteiger partial charge is 0.372 e. The molecule has 1 aliphatic rings. The summed E-state index contributed by atoms with van der Waals surface area (Å²) in [5.41, 5.74) is 0.806. The van der Waals surface area contributed by atoms with Crippen molar-refractivity contribution in [3.8, 4) is 0 Å². The molecule has 0 radical (unpaired) electrons. The quantitative estimate of drug-likeness (QED) is 0.863. The van der Waals surface area contributed by atoms with E-state index >= 15 is 0 Å². The molecule has 8 heteroatoms. The molecule has 23 heavy (non-hydrogen) atoms. The first kappa shape index (κ1) is 17.7. The number of carbonyl (C=O) groups is 1. The second-order valence-electron chi connectivity index (χ2n) is 5.95. The molecule has 128 valence electrons. The number of morpholine rings is 1. The zero-order valence-corrected chi connectivity index (χ0v) is 14.3. The number of carbonyl (C=O) groups excluding carboxylic acids is 1. The Balaban J connectivity index is 2.01. The molecule has 1 saturated heterocycles. The number of hydrogen-bond donors (Lipinski definition) is 2. The number of ether oxygens (including phenoxy) is 1. The van der Waals surface area contributed by atoms with Crippen LogP contribution in [0.1, 0.15) is 32.4 Å². The minimum Gasteiger partial charge on any atom is -0.372 e. The summed E-state index contributed by atoms with van der Waals surface area (Å²) in [6.45, 7) is 6.81. The van der Waals surface area contributed by atoms with Gasteiger partial charge in [-0.25, -0.2) is 18.4 Å². The van der Waals surface area contributed by atoms with E-state index in [4.69, 9.17) is 9.88 Å². The lowest BCUT2D eigenvalue weighted by molar-refractivity contribution is -0.0547. The summed E-state index contributed by atoms with van der Waals surface area (Å²) in [4.78, 5) is 14.1. The zero-order valence-electron chi connectivity index (χ0n) is 13.5. The minimum absolute atomic E-state index is 0.00819. The summed E-state index contributed by atoms with van der Waals surface area (Å²) in [5, 5.41) is 7.99. The fourth-order valence-electron chi connectivity index (χ4n) is 2.65. The van der Waals surface area contributed by atoms with Crippen LogP contribution in [0.25, 0.3) is 0 Å². The first-order valence-electron chi connectivity index (χ1n) is 7.50. The maximum absolute atomic E-state index is 12.3. The van der Waals surface area contributed by atoms with Crippen LogP contribution < -0.4 is 10.5 Å². The molecule has 3 atom stereocenters. The van der Waals surface area contributed by atoms with E-state index in [0.29, 0.717) is 13.1 Å². The van der Waals surface area contributed by atoms with E-state index in [2.05, 4.69) is 5.32 Å². The number of nitrogens with two attached hydrogens (primary N) is 1. The highest BCUT2D eigenvalue weighted by Crippen LogP contribution is 2.17. The second-order valence-corrected chi connectivity index (χ2v) is 7.51. The molecular weight excluding hydrogens is 318 g/mol. The van der Waals surface area contributed by atoms with Crippen molar-refractivity contribution < 1.29 is 17.9 Å². The fourth-order valence-corrected chi connectivity index (χ4v) is 3.17. The molecule has 0 bridgehead atoms. The van der Waals surface area contributed by atoms with Gasteiger partial charge in [-0.15, -0.1) is 0 Å². The number of nitrogens with zero attached hydrogens (tertiary/aromatic N) is 1. The Hall–Kier alpha value is -1.64. The van der Waals surface area contributed by atoms with Crippen molar-refractivity contribution in [3.63, 3.8) is 0 Å². The minimum atomic E-state index is -3.71. The summed E-state index contributed by atoms with van der Waals surface area (Å²) >= 11 is 0. The molecule has 3 N–H and O–H groups in total. The van der Waals surface area contributed by atoms with E-state index in [1.807, 2.05) is 20.8 Å². The monoisotopic (exact) mass is 341 g/mol. The lowest BCUT2D eigenvalue weighted by atomic mass is 10.1. The molecule has 1 fully saturated rings. The topological polar surface area (TPSA) is 102 Å². The van der Waals surface area contributed by atoms with Gasteiger partial charge in [0.05, 0.1) is 23.1 Å². The maximum Gasteiger partial charge on any atom is 0.318 e. The molecule has 3 unspecified atom stereocenters. The Morgan fingerprint density at radius 1 is 1.26 bits per heavy atom. The molecule has 1 aromatic rings. The Kier molecular flexibility index (Phi) is 5.28. The Morgan fingerprint density at radius 3 is 2.26 bits per heavy atom. The molecule has 1 heterocycles. The van der Waals surface area contributed by atoms with Crippen LogP contribution in [0.3, 0.4) is 0 Å². The molecule has 2 amide bonds. The van der Waals surface area contributed by atoms with Crippen molar-refractivity contribution in [1.82, 2.24) is 10.2 Å². The fraction of sp³-hybridized carbons (Fsp3) is 0.533. The van der Waals surface area contributed by atoms with Crippen LogP contribution in [0.2, 0.25) is 0 Å². The first-order chi connectivity index (χ1) is 10.7. The van der Waals surface area contributed by atoms with Gasteiger partial charge in [-0.05, 0) is 38.5 Å². The van der Waals surface area contributed by atoms with E-state index in [1.54, 1.807) is 17.0 Å². The standard InChI is InChI=1S/C15H23N3O4S/c1-10-8-18(9-11(2)22-10)15(19)17-12(3)13-4-6-14(7-5-13)23(16,20)21/h4-7,10-12H,8-9H2,1-3H3,(H,17,19)(H2,16,20,21). The summed E-state index contributed by atoms with van der Waals surface area (Å²) in [5.74, 6) is 0. The van der Waals surface area contributed by atoms with Crippen LogP contribution >= 0.6 is 0 Å². The highest BCUT2D eigenvalue weighted by molar-refractivity contribution is 7.89. The zero-order chi connectivity index (χ0) is 17.2. The lowest BCUT2D eigenvalue weighted by Crippen LogP contribution is -2.52. The first-order valence-corrected chi connectivity index (χ1v) is 9.05. The third-order valence-corrected chi connectivity index (χ3v) is 4.68. The Labute approximate surface area is 136 Å². The number of primary sulfonamides is 1. The Morgan fingerprint density at radius 2 is 1.78 bits per heavy atom. The molecule has 7 nitrogen and oxygen atoms in total. The maximum atomic E-state index is 12.3. The number of amides is 2. The summed E-state index contributed by atoms with van der Waals surface area (Å²) < 4.78 is 28.1. The molecule has 1 aromatic carbocycles. The van der Waals surface area contributed by atoms with Crippen molar-refractivity contribution in [2.24, 2.45) is 5.14 Å². The van der Waals surface area contributed by atoms with Gasteiger partial charge >= 0.3 is 6.03 Å². The van der Waals surface area contributed by atoms with E-state index in [-0.39, 0.29) is 29.2 Å². The number of hydrogen-bond acceptors (Lipinski definition) is 4. The van der Waals surface area contributed by atoms with Crippen molar-refractivity contribution in [3.05, 3.63) is 29.8 Å². The van der Waals surface area contributed by atoms with Crippen molar-refractivity contribution >= 4 is 16.1 Å². The van der Waals surface area contributed by atoms with E-state index in [0.717, 1.165) is 5.56 Å². The average molecular weight is 341 g/mol. The van der Waals surface area contributed by atoms with Gasteiger partial charge in [0.2, 0.25) is 10.0 Å². The number of nitrogens with one attached hydrogen (secondary N) is 1. The molecule has 0 spiro atoms. The van der Waals surface area contributed by atoms with Crippen molar-refractivity contribution in [1.29, 1.82) is 0 Å². The second kappa shape index (κ2) is 6.86. The number of benzene rings is 1. The van der Waals surface area contributed by atoms with Gasteiger partial charge in [-0.2, -0.15) is 0 Å². The van der Waals surface area contributed by atoms with Crippen molar-refractivity contribution in [2.75, 3.05) is 13.1 Å². The number of urea groups is 1. The number of rotatable bonds is 3. The SMILES string of the molecule is CC1CN(C(=O)NC(C)c2ccc(S(N)(=O)=O)cc2)CC(C)O1. The summed E-state index contributed by atoms with van der Waals surface area (Å²) in [6, 6.07) is 5.77. The van der Waals surface area contributed by atoms with E-state index in [9.17, 15) is 13.2 Å². The summed E-state index contributed by atoms with van der Waals surface area (Å²) in [7, 11) is -3.71. The molecule has 1 aliphatic heterocycles. The highest BCUT2D eigenvalue weighted by Gasteiger charge is 2.26. The predicted octanol–water partition coefficient (Wildman–Crippen LogP) is 1.21. The van der Waals surface area contributed by atoms with Gasteiger partial charge in [0.15, 0.2) is 0 Å². The van der Waals surface area contributed by atoms with Crippen LogP contribution in [0.4, 0.5) is 4.79 Å². The van der Waals surface area contributed by atoms with Gasteiger partial charge in [0.1, 0.15) is 0 Å². The van der Waals surface area contributed by atoms with Gasteiger partial charge < -0.3 is 15.0 Å². The highest BCUT2D eigenvalue weighted by atomic mass is 32.2. The molecule has 0 aliphatic carbocycles. The van der Waals surface area contributed by atoms with Crippen molar-refractivity contribution in [2.45, 2.75) is 43.9 Å². The molecule has 0 saturated carbocycles. The Bertz CT molecular complexity index is 650. The summed E-state index contributed by atoms with van der Waals surface area (Å²) in [6.07, 6.45) is 0.0164. The molecule has 2 rings (SSSR count). The van der Waals surface area contributed by atoms with Crippen LogP contribution in [0.15, 0.2) is 29.2 Å². The third kappa shape index (κ3) is 4.66. The average Bonchev–Trinajstić information content (AvgIpc) is 2.45. The molecular formula is C15H23N3O4S. The van der Waals surface area contributed by atoms with Gasteiger partial charge in [-0.1, -0.05) is 12.1 Å². The smallest absolute Gasteiger partial charge is 0.318 e. The predicted molar refractivity (Wildman–Crippen MR) is 86.3 cm³/mol.